The number of unbranched alkanes of at least 4 members (excludes halogenated alkanes) is 31. The summed E-state index contributed by atoms with van der Waals surface area (Å²) in [5.74, 6) is -0.438. The van der Waals surface area contributed by atoms with Gasteiger partial charge in [-0.1, -0.05) is 206 Å². The molecule has 0 fully saturated rings. The van der Waals surface area contributed by atoms with Gasteiger partial charge in [0, 0.05) is 19.6 Å². The van der Waals surface area contributed by atoms with Crippen molar-refractivity contribution in [2.75, 3.05) is 26.7 Å². The fourth-order valence-electron chi connectivity index (χ4n) is 7.09. The van der Waals surface area contributed by atoms with E-state index >= 15 is 0 Å². The highest BCUT2D eigenvalue weighted by Crippen LogP contribution is 2.15. The predicted octanol–water partition coefficient (Wildman–Crippen LogP) is 12.8. The van der Waals surface area contributed by atoms with Crippen LogP contribution in [0.3, 0.4) is 0 Å². The van der Waals surface area contributed by atoms with Crippen molar-refractivity contribution in [1.82, 2.24) is 21.3 Å². The average Bonchev–Trinajstić information content (AvgIpc) is 3.16. The zero-order chi connectivity index (χ0) is 38.7. The Kier molecular flexibility index (Phi) is 41.1. The van der Waals surface area contributed by atoms with Gasteiger partial charge < -0.3 is 26.0 Å². The first-order valence-corrected chi connectivity index (χ1v) is 23.2. The van der Waals surface area contributed by atoms with Crippen molar-refractivity contribution in [3.05, 3.63) is 0 Å². The molecule has 0 aliphatic heterocycles. The van der Waals surface area contributed by atoms with Gasteiger partial charge in [-0.15, -0.1) is 0 Å². The lowest BCUT2D eigenvalue weighted by Gasteiger charge is -2.17. The molecule has 1 atom stereocenters. The van der Waals surface area contributed by atoms with Crippen molar-refractivity contribution in [3.8, 4) is 0 Å². The third kappa shape index (κ3) is 39.5. The molecule has 0 saturated carbocycles. The number of urea groups is 2. The molecule has 8 nitrogen and oxygen atoms in total. The Morgan fingerprint density at radius 1 is 0.377 bits per heavy atom. The molecule has 0 aromatic rings. The second kappa shape index (κ2) is 42.7. The van der Waals surface area contributed by atoms with Gasteiger partial charge in [-0.3, -0.25) is 0 Å². The Hall–Kier alpha value is -1.99. The van der Waals surface area contributed by atoms with Crippen LogP contribution in [0.2, 0.25) is 0 Å². The molecule has 8 heteroatoms. The topological polar surface area (TPSA) is 109 Å². The van der Waals surface area contributed by atoms with Crippen LogP contribution in [0.4, 0.5) is 9.59 Å². The van der Waals surface area contributed by atoms with E-state index in [2.05, 4.69) is 35.1 Å². The predicted molar refractivity (Wildman–Crippen MR) is 227 cm³/mol. The van der Waals surface area contributed by atoms with Crippen molar-refractivity contribution in [2.45, 2.75) is 245 Å². The summed E-state index contributed by atoms with van der Waals surface area (Å²) >= 11 is 0. The highest BCUT2D eigenvalue weighted by molar-refractivity contribution is 5.83. The summed E-state index contributed by atoms with van der Waals surface area (Å²) in [6.45, 7) is 6.40. The number of carbonyl (C=O) groups is 3. The zero-order valence-electron chi connectivity index (χ0n) is 35.6. The third-order valence-corrected chi connectivity index (χ3v) is 10.6. The lowest BCUT2D eigenvalue weighted by molar-refractivity contribution is -0.143. The molecule has 4 N–H and O–H groups in total. The number of nitrogens with one attached hydrogen (secondary N) is 4. The van der Waals surface area contributed by atoms with E-state index in [1.165, 1.54) is 187 Å². The van der Waals surface area contributed by atoms with E-state index in [9.17, 15) is 14.4 Å². The van der Waals surface area contributed by atoms with Crippen LogP contribution in [-0.4, -0.2) is 50.8 Å². The largest absolute Gasteiger partial charge is 0.467 e. The fourth-order valence-corrected chi connectivity index (χ4v) is 7.09. The van der Waals surface area contributed by atoms with E-state index in [0.29, 0.717) is 32.5 Å². The lowest BCUT2D eigenvalue weighted by Crippen LogP contribution is -2.46. The Bertz CT molecular complexity index is 796. The standard InChI is InChI=1S/C45H90N4O4/c1-4-6-8-10-12-14-16-18-20-22-24-26-28-30-32-35-39-46-44(51)47-41-37-34-38-42(43(50)53-3)49-45(52)48-40-36-33-31-29-27-25-23-21-19-17-15-13-11-9-7-5-2/h42H,4-41H2,1-3H3,(H2,46,47,51)(H2,48,49,52). The Balaban J connectivity index is 3.63. The molecule has 314 valence electrons. The van der Waals surface area contributed by atoms with Crippen molar-refractivity contribution >= 4 is 18.0 Å². The molecule has 0 rings (SSSR count). The summed E-state index contributed by atoms with van der Waals surface area (Å²) in [5, 5.41) is 11.5. The maximum Gasteiger partial charge on any atom is 0.328 e. The maximum atomic E-state index is 12.4. The summed E-state index contributed by atoms with van der Waals surface area (Å²) in [7, 11) is 1.34. The second-order valence-corrected chi connectivity index (χ2v) is 15.8. The molecule has 0 radical (unpaired) electrons. The van der Waals surface area contributed by atoms with Gasteiger partial charge in [-0.05, 0) is 32.1 Å². The van der Waals surface area contributed by atoms with Crippen LogP contribution in [0, 0.1) is 0 Å². The van der Waals surface area contributed by atoms with Gasteiger partial charge in [-0.25, -0.2) is 14.4 Å². The quantitative estimate of drug-likeness (QED) is 0.0368. The van der Waals surface area contributed by atoms with E-state index in [0.717, 1.165) is 32.1 Å². The van der Waals surface area contributed by atoms with Crippen LogP contribution in [-0.2, 0) is 9.53 Å². The van der Waals surface area contributed by atoms with Gasteiger partial charge in [0.25, 0.3) is 0 Å². The molecule has 0 aliphatic rings. The molecule has 53 heavy (non-hydrogen) atoms. The summed E-state index contributed by atoms with van der Waals surface area (Å²) in [5.41, 5.74) is 0. The summed E-state index contributed by atoms with van der Waals surface area (Å²) in [4.78, 5) is 36.8. The summed E-state index contributed by atoms with van der Waals surface area (Å²) < 4.78 is 4.91. The van der Waals surface area contributed by atoms with E-state index < -0.39 is 12.0 Å². The minimum atomic E-state index is -0.686. The summed E-state index contributed by atoms with van der Waals surface area (Å²) in [6.07, 6.45) is 44.5. The molecule has 0 heterocycles. The van der Waals surface area contributed by atoms with Crippen LogP contribution in [0.15, 0.2) is 0 Å². The van der Waals surface area contributed by atoms with Gasteiger partial charge in [-0.2, -0.15) is 0 Å². The first-order valence-electron chi connectivity index (χ1n) is 23.2. The number of hydrogen-bond acceptors (Lipinski definition) is 4. The molecule has 0 aromatic heterocycles. The number of amides is 4. The maximum absolute atomic E-state index is 12.4. The Morgan fingerprint density at radius 2 is 0.642 bits per heavy atom. The normalized spacial score (nSPS) is 11.7. The van der Waals surface area contributed by atoms with Crippen LogP contribution in [0.25, 0.3) is 0 Å². The van der Waals surface area contributed by atoms with Gasteiger partial charge in [0.1, 0.15) is 6.04 Å². The molecule has 0 aromatic carbocycles. The average molecular weight is 751 g/mol. The molecular formula is C45H90N4O4. The number of methoxy groups -OCH3 is 1. The molecule has 0 bridgehead atoms. The molecule has 0 saturated heterocycles. The molecule has 0 spiro atoms. The molecular weight excluding hydrogens is 661 g/mol. The molecule has 1 unspecified atom stereocenters. The molecule has 0 aliphatic carbocycles. The van der Waals surface area contributed by atoms with Crippen LogP contribution >= 0.6 is 0 Å². The first kappa shape index (κ1) is 51.0. The number of carbonyl (C=O) groups excluding carboxylic acids is 3. The zero-order valence-corrected chi connectivity index (χ0v) is 35.6. The van der Waals surface area contributed by atoms with Gasteiger partial charge >= 0.3 is 18.0 Å². The van der Waals surface area contributed by atoms with Crippen LogP contribution < -0.4 is 21.3 Å². The highest BCUT2D eigenvalue weighted by atomic mass is 16.5. The van der Waals surface area contributed by atoms with Crippen molar-refractivity contribution in [2.24, 2.45) is 0 Å². The SMILES string of the molecule is CCCCCCCCCCCCCCCCCCNC(=O)NCCCCC(NC(=O)NCCCCCCCCCCCCCCCCCC)C(=O)OC. The van der Waals surface area contributed by atoms with E-state index in [4.69, 9.17) is 4.74 Å². The Morgan fingerprint density at radius 3 is 0.943 bits per heavy atom. The monoisotopic (exact) mass is 751 g/mol. The van der Waals surface area contributed by atoms with E-state index in [1.54, 1.807) is 0 Å². The number of rotatable bonds is 41. The molecule has 4 amide bonds. The summed E-state index contributed by atoms with van der Waals surface area (Å²) in [6, 6.07) is -1.15. The smallest absolute Gasteiger partial charge is 0.328 e. The van der Waals surface area contributed by atoms with Crippen molar-refractivity contribution in [1.29, 1.82) is 0 Å². The number of hydrogen-bond donors (Lipinski definition) is 4. The van der Waals surface area contributed by atoms with Gasteiger partial charge in [0.05, 0.1) is 7.11 Å². The van der Waals surface area contributed by atoms with Crippen molar-refractivity contribution < 1.29 is 19.1 Å². The van der Waals surface area contributed by atoms with Gasteiger partial charge in [0.15, 0.2) is 0 Å². The van der Waals surface area contributed by atoms with Crippen LogP contribution in [0.1, 0.15) is 239 Å². The minimum absolute atomic E-state index is 0.137. The number of esters is 1. The van der Waals surface area contributed by atoms with Crippen LogP contribution in [0.5, 0.6) is 0 Å². The lowest BCUT2D eigenvalue weighted by atomic mass is 10.0. The first-order chi connectivity index (χ1) is 26.0. The van der Waals surface area contributed by atoms with Gasteiger partial charge in [0.2, 0.25) is 0 Å². The second-order valence-electron chi connectivity index (χ2n) is 15.8. The van der Waals surface area contributed by atoms with E-state index in [-0.39, 0.29) is 12.1 Å². The Labute approximate surface area is 329 Å². The fraction of sp³-hybridized carbons (Fsp3) is 0.933. The minimum Gasteiger partial charge on any atom is -0.467 e. The number of ether oxygens (including phenoxy) is 1. The van der Waals surface area contributed by atoms with Crippen molar-refractivity contribution in [3.63, 3.8) is 0 Å². The highest BCUT2D eigenvalue weighted by Gasteiger charge is 2.20. The van der Waals surface area contributed by atoms with E-state index in [1.807, 2.05) is 0 Å². The third-order valence-electron chi connectivity index (χ3n) is 10.6.